The van der Waals surface area contributed by atoms with Crippen molar-refractivity contribution in [3.05, 3.63) is 28.8 Å². The van der Waals surface area contributed by atoms with E-state index in [9.17, 15) is 26.4 Å². The average Bonchev–Trinajstić information content (AvgIpc) is 2.46. The van der Waals surface area contributed by atoms with Crippen LogP contribution in [0.4, 0.5) is 13.2 Å². The first kappa shape index (κ1) is 19.0. The highest BCUT2D eigenvalue weighted by atomic mass is 35.5. The number of aliphatic carboxylic acids is 1. The molecule has 1 fully saturated rings. The summed E-state index contributed by atoms with van der Waals surface area (Å²) in [6, 6.07) is 1.86. The quantitative estimate of drug-likeness (QED) is 0.833. The third kappa shape index (κ3) is 4.40. The van der Waals surface area contributed by atoms with Gasteiger partial charge >= 0.3 is 12.1 Å². The zero-order valence-electron chi connectivity index (χ0n) is 12.3. The van der Waals surface area contributed by atoms with E-state index in [2.05, 4.69) is 4.72 Å². The monoisotopic (exact) mass is 385 g/mol. The van der Waals surface area contributed by atoms with E-state index in [1.807, 2.05) is 0 Å². The molecule has 0 heterocycles. The Balaban J connectivity index is 2.22. The van der Waals surface area contributed by atoms with Gasteiger partial charge in [0.05, 0.1) is 16.4 Å². The van der Waals surface area contributed by atoms with Gasteiger partial charge in [-0.1, -0.05) is 11.6 Å². The minimum absolute atomic E-state index is 0.219. The Hall–Kier alpha value is -1.32. The number of hydrogen-bond acceptors (Lipinski definition) is 3. The number of alkyl halides is 3. The van der Waals surface area contributed by atoms with Crippen LogP contribution in [0.3, 0.4) is 0 Å². The minimum Gasteiger partial charge on any atom is -0.481 e. The SMILES string of the molecule is O=C(O)C1CCC(NS(=O)(=O)c2ccc(Cl)cc2C(F)(F)F)CC1. The van der Waals surface area contributed by atoms with Crippen LogP contribution in [0.25, 0.3) is 0 Å². The number of carboxylic acids is 1. The van der Waals surface area contributed by atoms with Crippen LogP contribution in [0.2, 0.25) is 5.02 Å². The van der Waals surface area contributed by atoms with Crippen molar-refractivity contribution >= 4 is 27.6 Å². The van der Waals surface area contributed by atoms with E-state index in [1.54, 1.807) is 0 Å². The van der Waals surface area contributed by atoms with Crippen molar-refractivity contribution in [3.63, 3.8) is 0 Å². The highest BCUT2D eigenvalue weighted by molar-refractivity contribution is 7.89. The van der Waals surface area contributed by atoms with Crippen molar-refractivity contribution in [2.24, 2.45) is 5.92 Å². The molecule has 0 aromatic heterocycles. The molecule has 1 aliphatic rings. The lowest BCUT2D eigenvalue weighted by molar-refractivity contribution is -0.143. The Labute approximate surface area is 141 Å². The fraction of sp³-hybridized carbons (Fsp3) is 0.500. The van der Waals surface area contributed by atoms with Crippen molar-refractivity contribution in [2.75, 3.05) is 0 Å². The van der Waals surface area contributed by atoms with Crippen LogP contribution in [0.15, 0.2) is 23.1 Å². The maximum absolute atomic E-state index is 13.1. The van der Waals surface area contributed by atoms with Crippen LogP contribution in [-0.2, 0) is 21.0 Å². The van der Waals surface area contributed by atoms with Gasteiger partial charge in [-0.05, 0) is 43.9 Å². The second-order valence-electron chi connectivity index (χ2n) is 5.65. The molecule has 0 unspecified atom stereocenters. The fourth-order valence-electron chi connectivity index (χ4n) is 2.70. The molecule has 0 spiro atoms. The molecule has 1 aromatic rings. The van der Waals surface area contributed by atoms with Gasteiger partial charge in [-0.15, -0.1) is 0 Å². The number of halogens is 4. The first-order valence-electron chi connectivity index (χ1n) is 7.12. The van der Waals surface area contributed by atoms with Crippen molar-refractivity contribution in [1.82, 2.24) is 4.72 Å². The molecule has 0 amide bonds. The van der Waals surface area contributed by atoms with Crippen LogP contribution in [0.1, 0.15) is 31.2 Å². The highest BCUT2D eigenvalue weighted by Crippen LogP contribution is 2.36. The van der Waals surface area contributed by atoms with Gasteiger partial charge in [0.1, 0.15) is 0 Å². The molecule has 1 saturated carbocycles. The van der Waals surface area contributed by atoms with Gasteiger partial charge in [0.2, 0.25) is 10.0 Å². The first-order valence-corrected chi connectivity index (χ1v) is 8.98. The van der Waals surface area contributed by atoms with Crippen LogP contribution in [0, 0.1) is 5.92 Å². The molecule has 24 heavy (non-hydrogen) atoms. The predicted octanol–water partition coefficient (Wildman–Crippen LogP) is 3.28. The van der Waals surface area contributed by atoms with Crippen LogP contribution >= 0.6 is 11.6 Å². The van der Waals surface area contributed by atoms with Gasteiger partial charge in [0.15, 0.2) is 0 Å². The standard InChI is InChI=1S/C14H15ClF3NO4S/c15-9-3-6-12(11(7-9)14(16,17)18)24(22,23)19-10-4-1-8(2-5-10)13(20)21/h3,6-8,10,19H,1-2,4-5H2,(H,20,21). The third-order valence-corrected chi connectivity index (χ3v) is 5.75. The van der Waals surface area contributed by atoms with Gasteiger partial charge in [-0.2, -0.15) is 13.2 Å². The molecule has 1 aromatic carbocycles. The summed E-state index contributed by atoms with van der Waals surface area (Å²) in [4.78, 5) is 9.99. The van der Waals surface area contributed by atoms with E-state index < -0.39 is 44.6 Å². The molecule has 2 N–H and O–H groups in total. The second-order valence-corrected chi connectivity index (χ2v) is 7.77. The smallest absolute Gasteiger partial charge is 0.417 e. The second kappa shape index (κ2) is 6.89. The summed E-state index contributed by atoms with van der Waals surface area (Å²) < 4.78 is 66.1. The molecule has 1 aliphatic carbocycles. The van der Waals surface area contributed by atoms with E-state index in [-0.39, 0.29) is 30.7 Å². The Morgan fingerprint density at radius 3 is 2.29 bits per heavy atom. The number of rotatable bonds is 4. The summed E-state index contributed by atoms with van der Waals surface area (Å²) in [7, 11) is -4.40. The number of hydrogen-bond donors (Lipinski definition) is 2. The Kier molecular flexibility index (Phi) is 5.46. The number of carbonyl (C=O) groups is 1. The Morgan fingerprint density at radius 2 is 1.79 bits per heavy atom. The molecule has 0 aliphatic heterocycles. The van der Waals surface area contributed by atoms with Gasteiger partial charge in [-0.3, -0.25) is 4.79 Å². The van der Waals surface area contributed by atoms with Crippen LogP contribution < -0.4 is 4.72 Å². The molecule has 134 valence electrons. The van der Waals surface area contributed by atoms with Crippen molar-refractivity contribution in [3.8, 4) is 0 Å². The fourth-order valence-corrected chi connectivity index (χ4v) is 4.38. The van der Waals surface area contributed by atoms with Gasteiger partial charge in [-0.25, -0.2) is 13.1 Å². The Morgan fingerprint density at radius 1 is 1.21 bits per heavy atom. The molecule has 0 atom stereocenters. The number of carboxylic acid groups (broad SMARTS) is 1. The van der Waals surface area contributed by atoms with Gasteiger partial charge in [0, 0.05) is 11.1 Å². The summed E-state index contributed by atoms with van der Waals surface area (Å²) in [5, 5.41) is 8.69. The molecule has 2 rings (SSSR count). The predicted molar refractivity (Wildman–Crippen MR) is 80.2 cm³/mol. The molecule has 10 heteroatoms. The summed E-state index contributed by atoms with van der Waals surface area (Å²) in [5.41, 5.74) is -1.33. The number of benzene rings is 1. The summed E-state index contributed by atoms with van der Waals surface area (Å²) >= 11 is 5.54. The molecular weight excluding hydrogens is 371 g/mol. The summed E-state index contributed by atoms with van der Waals surface area (Å²) in [5.74, 6) is -1.50. The molecular formula is C14H15ClF3NO4S. The minimum atomic E-state index is -4.87. The first-order chi connectivity index (χ1) is 11.0. The van der Waals surface area contributed by atoms with E-state index in [0.29, 0.717) is 6.07 Å². The largest absolute Gasteiger partial charge is 0.481 e. The normalized spacial score (nSPS) is 22.3. The topological polar surface area (TPSA) is 83.5 Å². The molecule has 0 radical (unpaired) electrons. The number of sulfonamides is 1. The zero-order valence-corrected chi connectivity index (χ0v) is 13.9. The van der Waals surface area contributed by atoms with Crippen molar-refractivity contribution in [2.45, 2.75) is 42.8 Å². The Bertz CT molecular complexity index is 728. The van der Waals surface area contributed by atoms with Gasteiger partial charge < -0.3 is 5.11 Å². The third-order valence-electron chi connectivity index (χ3n) is 3.93. The van der Waals surface area contributed by atoms with Crippen LogP contribution in [-0.4, -0.2) is 25.5 Å². The molecule has 5 nitrogen and oxygen atoms in total. The lowest BCUT2D eigenvalue weighted by Gasteiger charge is -2.27. The maximum Gasteiger partial charge on any atom is 0.417 e. The highest BCUT2D eigenvalue weighted by Gasteiger charge is 2.38. The van der Waals surface area contributed by atoms with Crippen molar-refractivity contribution in [1.29, 1.82) is 0 Å². The van der Waals surface area contributed by atoms with E-state index in [0.717, 1.165) is 12.1 Å². The lowest BCUT2D eigenvalue weighted by atomic mass is 9.87. The summed E-state index contributed by atoms with van der Waals surface area (Å²) in [6.07, 6.45) is -3.81. The summed E-state index contributed by atoms with van der Waals surface area (Å²) in [6.45, 7) is 0. The van der Waals surface area contributed by atoms with E-state index in [4.69, 9.17) is 16.7 Å². The maximum atomic E-state index is 13.1. The van der Waals surface area contributed by atoms with Crippen LogP contribution in [0.5, 0.6) is 0 Å². The van der Waals surface area contributed by atoms with Gasteiger partial charge in [0.25, 0.3) is 0 Å². The van der Waals surface area contributed by atoms with E-state index in [1.165, 1.54) is 0 Å². The lowest BCUT2D eigenvalue weighted by Crippen LogP contribution is -2.39. The number of nitrogens with one attached hydrogen (secondary N) is 1. The van der Waals surface area contributed by atoms with Crippen molar-refractivity contribution < 1.29 is 31.5 Å². The molecule has 0 saturated heterocycles. The average molecular weight is 386 g/mol. The van der Waals surface area contributed by atoms with E-state index >= 15 is 0 Å². The zero-order chi connectivity index (χ0) is 18.1. The molecule has 0 bridgehead atoms.